The highest BCUT2D eigenvalue weighted by Crippen LogP contribution is 2.19. The number of benzene rings is 1. The molecule has 3 nitrogen and oxygen atoms in total. The molecular weight excluding hydrogens is 274 g/mol. The van der Waals surface area contributed by atoms with E-state index in [2.05, 4.69) is 10.6 Å². The monoisotopic (exact) mass is 288 g/mol. The predicted octanol–water partition coefficient (Wildman–Crippen LogP) is 2.49. The van der Waals surface area contributed by atoms with Crippen molar-refractivity contribution >= 4 is 17.5 Å². The van der Waals surface area contributed by atoms with Gasteiger partial charge in [0.15, 0.2) is 0 Å². The summed E-state index contributed by atoms with van der Waals surface area (Å²) in [6, 6.07) is 1.64. The summed E-state index contributed by atoms with van der Waals surface area (Å²) in [7, 11) is 0. The van der Waals surface area contributed by atoms with Crippen molar-refractivity contribution in [3.8, 4) is 0 Å². The minimum atomic E-state index is -0.810. The smallest absolute Gasteiger partial charge is 0.254 e. The standard InChI is InChI=1S/C13H15ClF2N2O/c14-10-7-11(15)9(6-12(10)16)13(19)18-8-2-1-4-17-5-3-8/h6-8,17H,1-5H2,(H,18,19). The second kappa shape index (κ2) is 6.30. The molecule has 104 valence electrons. The largest absolute Gasteiger partial charge is 0.349 e. The van der Waals surface area contributed by atoms with Crippen LogP contribution in [0, 0.1) is 11.6 Å². The molecule has 1 saturated heterocycles. The first-order valence-corrected chi connectivity index (χ1v) is 6.62. The third-order valence-corrected chi connectivity index (χ3v) is 3.46. The molecule has 6 heteroatoms. The fraction of sp³-hybridized carbons (Fsp3) is 0.462. The van der Waals surface area contributed by atoms with Gasteiger partial charge in [-0.05, 0) is 44.5 Å². The van der Waals surface area contributed by atoms with Gasteiger partial charge in [0.05, 0.1) is 10.6 Å². The van der Waals surface area contributed by atoms with E-state index in [1.165, 1.54) is 0 Å². The van der Waals surface area contributed by atoms with Gasteiger partial charge < -0.3 is 10.6 Å². The molecule has 2 N–H and O–H groups in total. The van der Waals surface area contributed by atoms with E-state index in [9.17, 15) is 13.6 Å². The molecule has 2 rings (SSSR count). The van der Waals surface area contributed by atoms with Crippen LogP contribution in [0.1, 0.15) is 29.6 Å². The third kappa shape index (κ3) is 3.64. The van der Waals surface area contributed by atoms with Crippen molar-refractivity contribution in [1.29, 1.82) is 0 Å². The van der Waals surface area contributed by atoms with Gasteiger partial charge in [-0.2, -0.15) is 0 Å². The van der Waals surface area contributed by atoms with Crippen LogP contribution in [0.3, 0.4) is 0 Å². The molecule has 0 radical (unpaired) electrons. The van der Waals surface area contributed by atoms with E-state index < -0.39 is 17.5 Å². The van der Waals surface area contributed by atoms with Crippen LogP contribution in [-0.2, 0) is 0 Å². The van der Waals surface area contributed by atoms with Crippen LogP contribution in [0.15, 0.2) is 12.1 Å². The van der Waals surface area contributed by atoms with Gasteiger partial charge in [0, 0.05) is 6.04 Å². The van der Waals surface area contributed by atoms with Crippen LogP contribution in [0.25, 0.3) is 0 Å². The minimum Gasteiger partial charge on any atom is -0.349 e. The topological polar surface area (TPSA) is 41.1 Å². The predicted molar refractivity (Wildman–Crippen MR) is 69.3 cm³/mol. The molecule has 0 bridgehead atoms. The Morgan fingerprint density at radius 1 is 1.26 bits per heavy atom. The van der Waals surface area contributed by atoms with E-state index in [1.807, 2.05) is 0 Å². The molecule has 1 aliphatic rings. The van der Waals surface area contributed by atoms with E-state index in [1.54, 1.807) is 0 Å². The Balaban J connectivity index is 2.08. The second-order valence-corrected chi connectivity index (χ2v) is 5.00. The molecule has 1 aliphatic heterocycles. The maximum absolute atomic E-state index is 13.6. The third-order valence-electron chi connectivity index (χ3n) is 3.17. The summed E-state index contributed by atoms with van der Waals surface area (Å²) < 4.78 is 26.9. The van der Waals surface area contributed by atoms with Crippen molar-refractivity contribution in [2.45, 2.75) is 25.3 Å². The lowest BCUT2D eigenvalue weighted by molar-refractivity contribution is 0.0929. The molecule has 1 atom stereocenters. The molecule has 1 unspecified atom stereocenters. The van der Waals surface area contributed by atoms with E-state index in [0.29, 0.717) is 0 Å². The van der Waals surface area contributed by atoms with E-state index in [-0.39, 0.29) is 16.6 Å². The first-order valence-electron chi connectivity index (χ1n) is 6.24. The van der Waals surface area contributed by atoms with Crippen LogP contribution in [0.5, 0.6) is 0 Å². The van der Waals surface area contributed by atoms with Gasteiger partial charge in [-0.25, -0.2) is 8.78 Å². The average Bonchev–Trinajstić information content (AvgIpc) is 2.62. The molecule has 1 aromatic rings. The molecule has 0 spiro atoms. The van der Waals surface area contributed by atoms with E-state index in [4.69, 9.17) is 11.6 Å². The lowest BCUT2D eigenvalue weighted by Gasteiger charge is -2.16. The lowest BCUT2D eigenvalue weighted by atomic mass is 10.1. The molecule has 1 amide bonds. The van der Waals surface area contributed by atoms with Gasteiger partial charge in [-0.3, -0.25) is 4.79 Å². The van der Waals surface area contributed by atoms with Gasteiger partial charge in [0.1, 0.15) is 11.6 Å². The molecule has 19 heavy (non-hydrogen) atoms. The normalized spacial score (nSPS) is 19.8. The fourth-order valence-corrected chi connectivity index (χ4v) is 2.27. The zero-order valence-electron chi connectivity index (χ0n) is 10.3. The summed E-state index contributed by atoms with van der Waals surface area (Å²) in [4.78, 5) is 11.9. The minimum absolute atomic E-state index is 0.0133. The number of rotatable bonds is 2. The summed E-state index contributed by atoms with van der Waals surface area (Å²) in [5.74, 6) is -2.20. The molecule has 1 heterocycles. The Morgan fingerprint density at radius 3 is 2.84 bits per heavy atom. The van der Waals surface area contributed by atoms with Crippen LogP contribution in [-0.4, -0.2) is 25.0 Å². The quantitative estimate of drug-likeness (QED) is 0.821. The molecular formula is C13H15ClF2N2O. The van der Waals surface area contributed by atoms with Crippen molar-refractivity contribution in [2.75, 3.05) is 13.1 Å². The van der Waals surface area contributed by atoms with Crippen molar-refractivity contribution in [2.24, 2.45) is 0 Å². The summed E-state index contributed by atoms with van der Waals surface area (Å²) in [6.45, 7) is 1.72. The first-order chi connectivity index (χ1) is 9.08. The van der Waals surface area contributed by atoms with Crippen molar-refractivity contribution < 1.29 is 13.6 Å². The Bertz CT molecular complexity index is 474. The Kier molecular flexibility index (Phi) is 4.71. The van der Waals surface area contributed by atoms with Gasteiger partial charge in [-0.1, -0.05) is 11.6 Å². The van der Waals surface area contributed by atoms with Gasteiger partial charge in [0.25, 0.3) is 5.91 Å². The van der Waals surface area contributed by atoms with Gasteiger partial charge >= 0.3 is 0 Å². The number of hydrogen-bond donors (Lipinski definition) is 2. The van der Waals surface area contributed by atoms with Crippen molar-refractivity contribution in [1.82, 2.24) is 10.6 Å². The average molecular weight is 289 g/mol. The number of hydrogen-bond acceptors (Lipinski definition) is 2. The first kappa shape index (κ1) is 14.2. The number of carbonyl (C=O) groups is 1. The number of halogens is 3. The zero-order valence-corrected chi connectivity index (χ0v) is 11.1. The Hall–Kier alpha value is -1.20. The maximum atomic E-state index is 13.6. The SMILES string of the molecule is O=C(NC1CCCNCC1)c1cc(F)c(Cl)cc1F. The van der Waals surface area contributed by atoms with Crippen LogP contribution >= 0.6 is 11.6 Å². The highest BCUT2D eigenvalue weighted by molar-refractivity contribution is 6.30. The van der Waals surface area contributed by atoms with Crippen molar-refractivity contribution in [3.63, 3.8) is 0 Å². The number of carbonyl (C=O) groups excluding carboxylic acids is 1. The van der Waals surface area contributed by atoms with Gasteiger partial charge in [0.2, 0.25) is 0 Å². The second-order valence-electron chi connectivity index (χ2n) is 4.60. The summed E-state index contributed by atoms with van der Waals surface area (Å²) >= 11 is 5.45. The molecule has 0 aliphatic carbocycles. The molecule has 0 aromatic heterocycles. The van der Waals surface area contributed by atoms with E-state index in [0.717, 1.165) is 44.5 Å². The van der Waals surface area contributed by atoms with Crippen LogP contribution in [0.4, 0.5) is 8.78 Å². The van der Waals surface area contributed by atoms with Crippen LogP contribution < -0.4 is 10.6 Å². The zero-order chi connectivity index (χ0) is 13.8. The van der Waals surface area contributed by atoms with Crippen molar-refractivity contribution in [3.05, 3.63) is 34.4 Å². The lowest BCUT2D eigenvalue weighted by Crippen LogP contribution is -2.35. The Labute approximate surface area is 115 Å². The highest BCUT2D eigenvalue weighted by atomic mass is 35.5. The molecule has 1 fully saturated rings. The number of amides is 1. The number of nitrogens with one attached hydrogen (secondary N) is 2. The Morgan fingerprint density at radius 2 is 2.05 bits per heavy atom. The fourth-order valence-electron chi connectivity index (χ4n) is 2.12. The maximum Gasteiger partial charge on any atom is 0.254 e. The summed E-state index contributed by atoms with van der Waals surface area (Å²) in [5.41, 5.74) is -0.306. The molecule has 1 aromatic carbocycles. The summed E-state index contributed by atoms with van der Waals surface area (Å²) in [5, 5.41) is 5.62. The van der Waals surface area contributed by atoms with Gasteiger partial charge in [-0.15, -0.1) is 0 Å². The summed E-state index contributed by atoms with van der Waals surface area (Å²) in [6.07, 6.45) is 2.56. The van der Waals surface area contributed by atoms with Crippen LogP contribution in [0.2, 0.25) is 5.02 Å². The van der Waals surface area contributed by atoms with E-state index >= 15 is 0 Å². The highest BCUT2D eigenvalue weighted by Gasteiger charge is 2.19. The molecule has 0 saturated carbocycles.